The van der Waals surface area contributed by atoms with Gasteiger partial charge in [-0.1, -0.05) is 19.3 Å². The Balaban J connectivity index is 0.00000162. The lowest BCUT2D eigenvalue weighted by Crippen LogP contribution is -2.52. The zero-order valence-electron chi connectivity index (χ0n) is 11.1. The van der Waals surface area contributed by atoms with Crippen LogP contribution in [0.2, 0.25) is 0 Å². The van der Waals surface area contributed by atoms with Gasteiger partial charge >= 0.3 is 0 Å². The summed E-state index contributed by atoms with van der Waals surface area (Å²) in [5.41, 5.74) is 0. The first-order valence-corrected chi connectivity index (χ1v) is 8.40. The van der Waals surface area contributed by atoms with Gasteiger partial charge < -0.3 is 5.32 Å². The van der Waals surface area contributed by atoms with Crippen molar-refractivity contribution in [2.75, 3.05) is 25.4 Å². The molecule has 1 atom stereocenters. The molecule has 0 aromatic rings. The van der Waals surface area contributed by atoms with E-state index in [1.807, 2.05) is 6.92 Å². The van der Waals surface area contributed by atoms with Gasteiger partial charge in [-0.2, -0.15) is 4.31 Å². The van der Waals surface area contributed by atoms with Gasteiger partial charge in [0.15, 0.2) is 0 Å². The normalized spacial score (nSPS) is 27.7. The Kier molecular flexibility index (Phi) is 6.38. The van der Waals surface area contributed by atoms with Gasteiger partial charge in [0.1, 0.15) is 0 Å². The van der Waals surface area contributed by atoms with Crippen LogP contribution in [0, 0.1) is 5.92 Å². The van der Waals surface area contributed by atoms with Crippen LogP contribution in [0.1, 0.15) is 39.0 Å². The molecule has 0 unspecified atom stereocenters. The fraction of sp³-hybridized carbons (Fsp3) is 1.00. The summed E-state index contributed by atoms with van der Waals surface area (Å²) in [4.78, 5) is 0. The van der Waals surface area contributed by atoms with Crippen molar-refractivity contribution >= 4 is 22.4 Å². The molecule has 0 bridgehead atoms. The number of halogens is 1. The fourth-order valence-electron chi connectivity index (χ4n) is 2.91. The molecule has 0 amide bonds. The van der Waals surface area contributed by atoms with Crippen molar-refractivity contribution in [1.82, 2.24) is 9.62 Å². The largest absolute Gasteiger partial charge is 0.312 e. The topological polar surface area (TPSA) is 49.4 Å². The van der Waals surface area contributed by atoms with E-state index in [1.165, 1.54) is 19.3 Å². The average molecular weight is 297 g/mol. The van der Waals surface area contributed by atoms with E-state index in [1.54, 1.807) is 4.31 Å². The van der Waals surface area contributed by atoms with Crippen LogP contribution in [-0.2, 0) is 10.0 Å². The van der Waals surface area contributed by atoms with Gasteiger partial charge in [-0.25, -0.2) is 8.42 Å². The number of hydrogen-bond donors (Lipinski definition) is 1. The molecule has 0 aromatic carbocycles. The maximum atomic E-state index is 12.3. The number of sulfonamides is 1. The van der Waals surface area contributed by atoms with E-state index in [2.05, 4.69) is 5.32 Å². The highest BCUT2D eigenvalue weighted by atomic mass is 35.5. The molecule has 0 aromatic heterocycles. The summed E-state index contributed by atoms with van der Waals surface area (Å²) in [7, 11) is -3.02. The van der Waals surface area contributed by atoms with Crippen molar-refractivity contribution in [2.45, 2.75) is 45.1 Å². The third-order valence-corrected chi connectivity index (χ3v) is 5.91. The van der Waals surface area contributed by atoms with Crippen molar-refractivity contribution in [3.63, 3.8) is 0 Å². The van der Waals surface area contributed by atoms with E-state index in [0.29, 0.717) is 24.8 Å². The van der Waals surface area contributed by atoms with Gasteiger partial charge in [-0.15, -0.1) is 12.4 Å². The quantitative estimate of drug-likeness (QED) is 0.861. The van der Waals surface area contributed by atoms with E-state index in [0.717, 1.165) is 19.4 Å². The Morgan fingerprint density at radius 2 is 1.89 bits per heavy atom. The fourth-order valence-corrected chi connectivity index (χ4v) is 4.87. The summed E-state index contributed by atoms with van der Waals surface area (Å²) in [6.07, 6.45) is 5.89. The zero-order valence-corrected chi connectivity index (χ0v) is 12.7. The van der Waals surface area contributed by atoms with Gasteiger partial charge in [0.05, 0.1) is 5.75 Å². The number of rotatable bonds is 3. The Labute approximate surface area is 117 Å². The Hall–Kier alpha value is 0.160. The van der Waals surface area contributed by atoms with Crippen LogP contribution < -0.4 is 5.32 Å². The number of piperazine rings is 1. The first kappa shape index (κ1) is 16.2. The first-order chi connectivity index (χ1) is 8.08. The number of nitrogens with one attached hydrogen (secondary N) is 1. The van der Waals surface area contributed by atoms with Crippen molar-refractivity contribution < 1.29 is 8.42 Å². The maximum Gasteiger partial charge on any atom is 0.214 e. The minimum Gasteiger partial charge on any atom is -0.312 e. The van der Waals surface area contributed by atoms with Crippen LogP contribution in [0.15, 0.2) is 0 Å². The lowest BCUT2D eigenvalue weighted by atomic mass is 9.91. The summed E-state index contributed by atoms with van der Waals surface area (Å²) in [5, 5.41) is 3.28. The zero-order chi connectivity index (χ0) is 12.3. The number of nitrogens with zero attached hydrogens (tertiary/aromatic N) is 1. The predicted octanol–water partition coefficient (Wildman–Crippen LogP) is 1.61. The van der Waals surface area contributed by atoms with Crippen LogP contribution >= 0.6 is 12.4 Å². The van der Waals surface area contributed by atoms with E-state index in [4.69, 9.17) is 0 Å². The predicted molar refractivity (Wildman–Crippen MR) is 76.6 cm³/mol. The van der Waals surface area contributed by atoms with Crippen molar-refractivity contribution in [3.8, 4) is 0 Å². The molecule has 2 fully saturated rings. The second-order valence-corrected chi connectivity index (χ2v) is 7.51. The van der Waals surface area contributed by atoms with Crippen molar-refractivity contribution in [2.24, 2.45) is 5.92 Å². The summed E-state index contributed by atoms with van der Waals surface area (Å²) >= 11 is 0. The second kappa shape index (κ2) is 7.08. The lowest BCUT2D eigenvalue weighted by Gasteiger charge is -2.32. The van der Waals surface area contributed by atoms with E-state index in [-0.39, 0.29) is 18.4 Å². The first-order valence-electron chi connectivity index (χ1n) is 6.79. The molecule has 1 saturated heterocycles. The molecule has 2 aliphatic rings. The highest BCUT2D eigenvalue weighted by Gasteiger charge is 2.29. The highest BCUT2D eigenvalue weighted by molar-refractivity contribution is 7.89. The molecule has 1 heterocycles. The van der Waals surface area contributed by atoms with E-state index < -0.39 is 10.0 Å². The molecule has 0 radical (unpaired) electrons. The van der Waals surface area contributed by atoms with Gasteiger partial charge in [-0.3, -0.25) is 0 Å². The van der Waals surface area contributed by atoms with Gasteiger partial charge in [-0.05, 0) is 25.7 Å². The minimum atomic E-state index is -3.02. The third kappa shape index (κ3) is 4.37. The molecule has 6 heteroatoms. The number of hydrogen-bond acceptors (Lipinski definition) is 3. The van der Waals surface area contributed by atoms with Crippen molar-refractivity contribution in [1.29, 1.82) is 0 Å². The average Bonchev–Trinajstić information content (AvgIpc) is 2.30. The van der Waals surface area contributed by atoms with Crippen LogP contribution in [-0.4, -0.2) is 44.2 Å². The highest BCUT2D eigenvalue weighted by Crippen LogP contribution is 2.26. The SMILES string of the molecule is C[C@@H]1CN(S(=O)(=O)CC2CCCCC2)CCN1.Cl. The van der Waals surface area contributed by atoms with Crippen LogP contribution in [0.3, 0.4) is 0 Å². The van der Waals surface area contributed by atoms with Crippen LogP contribution in [0.25, 0.3) is 0 Å². The maximum absolute atomic E-state index is 12.3. The lowest BCUT2D eigenvalue weighted by molar-refractivity contribution is 0.303. The second-order valence-electron chi connectivity index (χ2n) is 5.50. The molecule has 108 valence electrons. The third-order valence-electron chi connectivity index (χ3n) is 3.90. The van der Waals surface area contributed by atoms with E-state index in [9.17, 15) is 8.42 Å². The summed E-state index contributed by atoms with van der Waals surface area (Å²) in [6, 6.07) is 0.282. The van der Waals surface area contributed by atoms with Crippen molar-refractivity contribution in [3.05, 3.63) is 0 Å². The van der Waals surface area contributed by atoms with Crippen LogP contribution in [0.4, 0.5) is 0 Å². The van der Waals surface area contributed by atoms with Crippen LogP contribution in [0.5, 0.6) is 0 Å². The molecule has 4 nitrogen and oxygen atoms in total. The Morgan fingerprint density at radius 3 is 2.50 bits per heavy atom. The smallest absolute Gasteiger partial charge is 0.214 e. The molecule has 1 N–H and O–H groups in total. The molecule has 18 heavy (non-hydrogen) atoms. The molecule has 1 aliphatic heterocycles. The molecule has 1 saturated carbocycles. The summed E-state index contributed by atoms with van der Waals surface area (Å²) < 4.78 is 26.3. The monoisotopic (exact) mass is 296 g/mol. The molecule has 0 spiro atoms. The Bertz CT molecular complexity index is 342. The standard InChI is InChI=1S/C12H24N2O2S.ClH/c1-11-9-14(8-7-13-11)17(15,16)10-12-5-3-2-4-6-12;/h11-13H,2-10H2,1H3;1H/t11-;/m1./s1. The summed E-state index contributed by atoms with van der Waals surface area (Å²) in [5.74, 6) is 0.777. The molecular formula is C12H25ClN2O2S. The van der Waals surface area contributed by atoms with Gasteiger partial charge in [0.2, 0.25) is 10.0 Å². The van der Waals surface area contributed by atoms with Gasteiger partial charge in [0.25, 0.3) is 0 Å². The minimum absolute atomic E-state index is 0. The molecular weight excluding hydrogens is 272 g/mol. The van der Waals surface area contributed by atoms with Gasteiger partial charge in [0, 0.05) is 25.7 Å². The molecule has 2 rings (SSSR count). The molecule has 1 aliphatic carbocycles. The summed E-state index contributed by atoms with van der Waals surface area (Å²) in [6.45, 7) is 4.10. The Morgan fingerprint density at radius 1 is 1.22 bits per heavy atom. The van der Waals surface area contributed by atoms with E-state index >= 15 is 0 Å².